The van der Waals surface area contributed by atoms with Gasteiger partial charge in [0.25, 0.3) is 11.8 Å². The summed E-state index contributed by atoms with van der Waals surface area (Å²) in [7, 11) is -3.04. The molecule has 0 radical (unpaired) electrons. The summed E-state index contributed by atoms with van der Waals surface area (Å²) in [6, 6.07) is 4.35. The molecule has 1 aromatic rings. The molecule has 0 aliphatic carbocycles. The average Bonchev–Trinajstić information content (AvgIpc) is 2.77. The minimum Gasteiger partial charge on any atom is -0.482 e. The van der Waals surface area contributed by atoms with Crippen LogP contribution in [-0.2, 0) is 14.6 Å². The van der Waals surface area contributed by atoms with Crippen molar-refractivity contribution in [3.63, 3.8) is 0 Å². The lowest BCUT2D eigenvalue weighted by molar-refractivity contribution is -0.118. The first-order chi connectivity index (χ1) is 9.93. The molecule has 1 atom stereocenters. The molecule has 0 saturated carbocycles. The lowest BCUT2D eigenvalue weighted by Crippen LogP contribution is -2.35. The van der Waals surface area contributed by atoms with E-state index in [2.05, 4.69) is 10.6 Å². The predicted molar refractivity (Wildman–Crippen MR) is 75.1 cm³/mol. The van der Waals surface area contributed by atoms with Crippen LogP contribution in [0.3, 0.4) is 0 Å². The first-order valence-electron chi connectivity index (χ1n) is 6.51. The fourth-order valence-electron chi connectivity index (χ4n) is 2.40. The molecule has 2 amide bonds. The summed E-state index contributed by atoms with van der Waals surface area (Å²) in [5.74, 6) is -0.0495. The van der Waals surface area contributed by atoms with E-state index >= 15 is 0 Å². The summed E-state index contributed by atoms with van der Waals surface area (Å²) in [5.41, 5.74) is 0.793. The fourth-order valence-corrected chi connectivity index (χ4v) is 4.08. The highest BCUT2D eigenvalue weighted by molar-refractivity contribution is 7.91. The summed E-state index contributed by atoms with van der Waals surface area (Å²) in [6.45, 7) is -0.0432. The van der Waals surface area contributed by atoms with E-state index in [1.165, 1.54) is 6.07 Å². The van der Waals surface area contributed by atoms with E-state index in [0.717, 1.165) is 0 Å². The number of sulfone groups is 1. The summed E-state index contributed by atoms with van der Waals surface area (Å²) >= 11 is 0. The van der Waals surface area contributed by atoms with E-state index in [0.29, 0.717) is 23.4 Å². The van der Waals surface area contributed by atoms with Crippen LogP contribution in [0.1, 0.15) is 16.8 Å². The van der Waals surface area contributed by atoms with Gasteiger partial charge in [0, 0.05) is 11.6 Å². The molecule has 1 aromatic carbocycles. The average molecular weight is 310 g/mol. The third-order valence-electron chi connectivity index (χ3n) is 3.44. The van der Waals surface area contributed by atoms with E-state index in [1.54, 1.807) is 12.1 Å². The van der Waals surface area contributed by atoms with Gasteiger partial charge >= 0.3 is 0 Å². The zero-order valence-corrected chi connectivity index (χ0v) is 11.9. The Kier molecular flexibility index (Phi) is 3.32. The van der Waals surface area contributed by atoms with Crippen molar-refractivity contribution in [2.45, 2.75) is 12.5 Å². The van der Waals surface area contributed by atoms with Crippen LogP contribution in [0, 0.1) is 0 Å². The molecule has 1 fully saturated rings. The second-order valence-corrected chi connectivity index (χ2v) is 7.35. The number of benzene rings is 1. The van der Waals surface area contributed by atoms with E-state index in [1.807, 2.05) is 0 Å². The van der Waals surface area contributed by atoms with E-state index < -0.39 is 9.84 Å². The molecule has 112 valence electrons. The number of amides is 2. The topological polar surface area (TPSA) is 102 Å². The van der Waals surface area contributed by atoms with Crippen molar-refractivity contribution in [3.8, 4) is 5.75 Å². The van der Waals surface area contributed by atoms with Gasteiger partial charge in [0.05, 0.1) is 17.2 Å². The third-order valence-corrected chi connectivity index (χ3v) is 5.21. The van der Waals surface area contributed by atoms with Crippen LogP contribution in [0.2, 0.25) is 0 Å². The molecule has 1 saturated heterocycles. The van der Waals surface area contributed by atoms with Crippen molar-refractivity contribution in [1.29, 1.82) is 0 Å². The fraction of sp³-hybridized carbons (Fsp3) is 0.385. The van der Waals surface area contributed by atoms with Gasteiger partial charge in [-0.3, -0.25) is 9.59 Å². The Labute approximate surface area is 121 Å². The van der Waals surface area contributed by atoms with Crippen LogP contribution in [0.15, 0.2) is 18.2 Å². The maximum absolute atomic E-state index is 12.1. The van der Waals surface area contributed by atoms with E-state index in [4.69, 9.17) is 4.74 Å². The van der Waals surface area contributed by atoms with Gasteiger partial charge in [-0.2, -0.15) is 0 Å². The zero-order valence-electron chi connectivity index (χ0n) is 11.1. The number of hydrogen-bond acceptors (Lipinski definition) is 5. The lowest BCUT2D eigenvalue weighted by Gasteiger charge is -2.18. The monoisotopic (exact) mass is 310 g/mol. The van der Waals surface area contributed by atoms with Crippen molar-refractivity contribution >= 4 is 27.3 Å². The van der Waals surface area contributed by atoms with Crippen molar-refractivity contribution < 1.29 is 22.7 Å². The second-order valence-electron chi connectivity index (χ2n) is 5.12. The molecule has 2 heterocycles. The number of ether oxygens (including phenoxy) is 1. The lowest BCUT2D eigenvalue weighted by atomic mass is 10.1. The van der Waals surface area contributed by atoms with Crippen molar-refractivity contribution in [2.75, 3.05) is 23.4 Å². The van der Waals surface area contributed by atoms with Crippen LogP contribution in [0.5, 0.6) is 5.75 Å². The molecule has 2 aliphatic rings. The zero-order chi connectivity index (χ0) is 15.0. The molecular formula is C13H14N2O5S. The molecule has 21 heavy (non-hydrogen) atoms. The minimum atomic E-state index is -3.04. The summed E-state index contributed by atoms with van der Waals surface area (Å²) in [4.78, 5) is 23.4. The molecular weight excluding hydrogens is 296 g/mol. The largest absolute Gasteiger partial charge is 0.482 e. The Balaban J connectivity index is 1.73. The first kappa shape index (κ1) is 13.9. The van der Waals surface area contributed by atoms with Gasteiger partial charge in [0.1, 0.15) is 5.75 Å². The highest BCUT2D eigenvalue weighted by atomic mass is 32.2. The van der Waals surface area contributed by atoms with Gasteiger partial charge < -0.3 is 15.4 Å². The normalized spacial score (nSPS) is 22.9. The molecule has 0 aromatic heterocycles. The van der Waals surface area contributed by atoms with Crippen LogP contribution in [0.4, 0.5) is 5.69 Å². The smallest absolute Gasteiger partial charge is 0.262 e. The Bertz CT molecular complexity index is 713. The number of hydrogen-bond donors (Lipinski definition) is 2. The maximum Gasteiger partial charge on any atom is 0.262 e. The number of rotatable bonds is 2. The number of carbonyl (C=O) groups is 2. The molecule has 1 unspecified atom stereocenters. The van der Waals surface area contributed by atoms with Gasteiger partial charge in [-0.25, -0.2) is 8.42 Å². The number of carbonyl (C=O) groups excluding carboxylic acids is 2. The van der Waals surface area contributed by atoms with Crippen LogP contribution in [0.25, 0.3) is 0 Å². The van der Waals surface area contributed by atoms with Gasteiger partial charge in [0.2, 0.25) is 0 Å². The van der Waals surface area contributed by atoms with Crippen LogP contribution < -0.4 is 15.4 Å². The van der Waals surface area contributed by atoms with Crippen molar-refractivity contribution in [1.82, 2.24) is 5.32 Å². The van der Waals surface area contributed by atoms with Crippen molar-refractivity contribution in [2.24, 2.45) is 0 Å². The summed E-state index contributed by atoms with van der Waals surface area (Å²) in [5, 5.41) is 5.32. The molecule has 7 nitrogen and oxygen atoms in total. The minimum absolute atomic E-state index is 0.0243. The van der Waals surface area contributed by atoms with Crippen LogP contribution >= 0.6 is 0 Å². The summed E-state index contributed by atoms with van der Waals surface area (Å²) < 4.78 is 28.0. The van der Waals surface area contributed by atoms with Gasteiger partial charge in [-0.1, -0.05) is 0 Å². The maximum atomic E-state index is 12.1. The number of anilines is 1. The predicted octanol–water partition coefficient (Wildman–Crippen LogP) is -0.0656. The Morgan fingerprint density at radius 2 is 2.19 bits per heavy atom. The van der Waals surface area contributed by atoms with Gasteiger partial charge in [-0.05, 0) is 24.6 Å². The third kappa shape index (κ3) is 2.99. The number of fused-ring (bicyclic) bond motifs is 1. The molecule has 2 aliphatic heterocycles. The molecule has 8 heteroatoms. The van der Waals surface area contributed by atoms with Gasteiger partial charge in [0.15, 0.2) is 16.4 Å². The number of nitrogens with one attached hydrogen (secondary N) is 2. The highest BCUT2D eigenvalue weighted by Crippen LogP contribution is 2.28. The van der Waals surface area contributed by atoms with Crippen molar-refractivity contribution in [3.05, 3.63) is 23.8 Å². The molecule has 3 rings (SSSR count). The molecule has 2 N–H and O–H groups in total. The van der Waals surface area contributed by atoms with Crippen LogP contribution in [-0.4, -0.2) is 44.4 Å². The Hall–Kier alpha value is -2.09. The molecule has 0 spiro atoms. The van der Waals surface area contributed by atoms with Gasteiger partial charge in [-0.15, -0.1) is 0 Å². The quantitative estimate of drug-likeness (QED) is 0.796. The standard InChI is InChI=1S/C13H14N2O5S/c16-12-6-20-11-2-1-8(5-10(11)15-12)13(17)14-9-3-4-21(18,19)7-9/h1-2,5,9H,3-4,6-7H2,(H,14,17)(H,15,16). The summed E-state index contributed by atoms with van der Waals surface area (Å²) in [6.07, 6.45) is 0.429. The first-order valence-corrected chi connectivity index (χ1v) is 8.33. The Morgan fingerprint density at radius 1 is 1.38 bits per heavy atom. The molecule has 0 bridgehead atoms. The highest BCUT2D eigenvalue weighted by Gasteiger charge is 2.29. The SMILES string of the molecule is O=C1COc2ccc(C(=O)NC3CCS(=O)(=O)C3)cc2N1. The second kappa shape index (κ2) is 5.03. The Morgan fingerprint density at radius 3 is 2.90 bits per heavy atom. The van der Waals surface area contributed by atoms with E-state index in [9.17, 15) is 18.0 Å². The van der Waals surface area contributed by atoms with E-state index in [-0.39, 0.29) is 36.0 Å².